The first-order valence-corrected chi connectivity index (χ1v) is 41.9. The topological polar surface area (TPSA) is 26.2 Å². The van der Waals surface area contributed by atoms with Crippen molar-refractivity contribution < 1.29 is 27.4 Å². The molecule has 0 N–H and O–H groups in total. The van der Waals surface area contributed by atoms with E-state index in [2.05, 4.69) is 0 Å². The van der Waals surface area contributed by atoms with Crippen molar-refractivity contribution in [2.45, 2.75) is 26.2 Å². The molecule has 19 aromatic carbocycles. The van der Waals surface area contributed by atoms with Gasteiger partial charge in [0.1, 0.15) is 0 Å². The van der Waals surface area contributed by atoms with Gasteiger partial charge in [-0.15, -0.1) is 0 Å². The van der Waals surface area contributed by atoms with Crippen LogP contribution < -0.4 is 26.2 Å². The summed E-state index contributed by atoms with van der Waals surface area (Å²) in [5, 5.41) is 4.69. The molecule has 0 unspecified atom stereocenters. The molecule has 4 aromatic heterocycles. The average Bonchev–Trinajstić information content (AvgIpc) is 1.58. The predicted octanol–water partition coefficient (Wildman–Crippen LogP) is 29.7. The van der Waals surface area contributed by atoms with Gasteiger partial charge in [-0.3, -0.25) is 0 Å². The molecule has 2 aliphatic rings. The number of rotatable bonds is 10. The summed E-state index contributed by atoms with van der Waals surface area (Å²) in [4.78, 5) is 3.34. The lowest BCUT2D eigenvalue weighted by atomic mass is 9.34. The van der Waals surface area contributed by atoms with Crippen LogP contribution in [0.15, 0.2) is 436 Å². The standard InChI is InChI=1S/C118H81BN6/c1-118(2,3)78-72-109-113-110(73-78)125-115-86(77-38-12-5-13-39-77)59-35-61-98(115)92-53-25-23-49-88(92)90-51-27-29-57-96(90)112-108(123-104-63-33-31-55-94(104)100-75-84(65-69-106(100)123)121(81-44-18-8-19-45-81)82-46-20-9-21-47-82)71-67-102(117(112)125)119(113)101-66-70-107(122-103-62-32-30-54-93(103)99-74-83(64-68-105(99)122)120(79-40-14-6-15-41-79)80-42-16-7-17-43-80)111-95-56-28-26-50-89(95)87-48-22-24-52-91(87)97-60-34-58-85(76-36-10-4-11-37-76)114(97)124(109)116(101)111/h4-75H,1-3H3/i30D,31D,32D,33D,54D,55D,62D,63D,64D,65D,66D,67D,68D,69D,70D,71D,72D,73D,74D,75D. The van der Waals surface area contributed by atoms with Gasteiger partial charge in [-0.25, -0.2) is 0 Å². The van der Waals surface area contributed by atoms with Crippen molar-refractivity contribution in [2.24, 2.45) is 0 Å². The van der Waals surface area contributed by atoms with Gasteiger partial charge in [0, 0.05) is 99.7 Å². The van der Waals surface area contributed by atoms with Gasteiger partial charge in [0.2, 0.25) is 0 Å². The first-order chi connectivity index (χ1) is 70.1. The fourth-order valence-electron chi connectivity index (χ4n) is 19.6. The summed E-state index contributed by atoms with van der Waals surface area (Å²) in [6, 6.07) is 86.8. The molecule has 0 spiro atoms. The van der Waals surface area contributed by atoms with E-state index in [9.17, 15) is 27.4 Å². The molecule has 0 fully saturated rings. The second kappa shape index (κ2) is 28.3. The highest BCUT2D eigenvalue weighted by Crippen LogP contribution is 2.50. The molecule has 125 heavy (non-hydrogen) atoms. The van der Waals surface area contributed by atoms with Crippen LogP contribution in [0.1, 0.15) is 53.7 Å². The Morgan fingerprint density at radius 2 is 0.552 bits per heavy atom. The van der Waals surface area contributed by atoms with E-state index in [1.54, 1.807) is 107 Å². The van der Waals surface area contributed by atoms with Crippen molar-refractivity contribution in [1.29, 1.82) is 0 Å². The zero-order chi connectivity index (χ0) is 100. The lowest BCUT2D eigenvalue weighted by Gasteiger charge is -2.38. The van der Waals surface area contributed by atoms with E-state index in [0.717, 1.165) is 0 Å². The second-order valence-corrected chi connectivity index (χ2v) is 32.9. The molecule has 25 rings (SSSR count). The Labute approximate surface area is 752 Å². The van der Waals surface area contributed by atoms with E-state index in [-0.39, 0.29) is 134 Å². The molecule has 0 amide bonds. The van der Waals surface area contributed by atoms with E-state index in [4.69, 9.17) is 0 Å². The third-order valence-corrected chi connectivity index (χ3v) is 24.9. The van der Waals surface area contributed by atoms with Gasteiger partial charge in [0.15, 0.2) is 0 Å². The van der Waals surface area contributed by atoms with Crippen LogP contribution in [0.25, 0.3) is 175 Å². The maximum atomic E-state index is 12.2. The molecule has 23 aromatic rings. The highest BCUT2D eigenvalue weighted by Gasteiger charge is 2.43. The van der Waals surface area contributed by atoms with Crippen LogP contribution in [-0.4, -0.2) is 25.0 Å². The van der Waals surface area contributed by atoms with Crippen molar-refractivity contribution in [2.75, 3.05) is 9.80 Å². The lowest BCUT2D eigenvalue weighted by Crippen LogP contribution is -2.60. The highest BCUT2D eigenvalue weighted by atomic mass is 15.2. The van der Waals surface area contributed by atoms with E-state index in [0.29, 0.717) is 110 Å². The quantitative estimate of drug-likeness (QED) is 0.128. The van der Waals surface area contributed by atoms with E-state index >= 15 is 0 Å². The summed E-state index contributed by atoms with van der Waals surface area (Å²) in [6.07, 6.45) is 0. The van der Waals surface area contributed by atoms with Gasteiger partial charge in [-0.05, 0) is 203 Å². The molecule has 586 valence electrons. The second-order valence-electron chi connectivity index (χ2n) is 32.9. The molecule has 7 heteroatoms. The van der Waals surface area contributed by atoms with Gasteiger partial charge in [0.25, 0.3) is 6.71 Å². The Bertz CT molecular complexity index is 9250. The number of hydrogen-bond acceptors (Lipinski definition) is 2. The summed E-state index contributed by atoms with van der Waals surface area (Å²) in [5.41, 5.74) is 2.54. The minimum Gasteiger partial charge on any atom is -0.310 e. The SMILES string of the molecule is [2H]c1c2c3c(c([2H])c1C(C)(C)C)-n1c4c(-c5ccccc5)cccc4c4ccccc4c4ccccc4c4c(-n5c6c([2H])c([2H])c([2H])c([2H])c6c6c([2H])c(N(c7ccccc7)c7ccccc7)c([2H])c([2H])c65)c([2H])c([2H])c(c41)B3c1c([2H])c([2H])c(-n3c4c([2H])c([2H])c([2H])c([2H])c4c4c([2H])c(N(c5ccccc5)c5ccccc5)c([2H])c([2H])c43)c3c4ccccc4c4ccccc4c4cccc(-c5ccccc5)c4n-2c13. The van der Waals surface area contributed by atoms with Crippen molar-refractivity contribution >= 4 is 188 Å². The number of aromatic nitrogens is 4. The molecule has 0 saturated carbocycles. The first kappa shape index (κ1) is 54.3. The third-order valence-electron chi connectivity index (χ3n) is 24.9. The van der Waals surface area contributed by atoms with Crippen LogP contribution in [0.2, 0.25) is 0 Å². The molecule has 0 aliphatic carbocycles. The summed E-state index contributed by atoms with van der Waals surface area (Å²) in [7, 11) is 0. The van der Waals surface area contributed by atoms with Gasteiger partial charge in [-0.2, -0.15) is 0 Å². The van der Waals surface area contributed by atoms with E-state index < -0.39 is 121 Å². The molecule has 6 nitrogen and oxygen atoms in total. The fraction of sp³-hybridized carbons (Fsp3) is 0.0339. The molecule has 0 saturated heterocycles. The Morgan fingerprint density at radius 1 is 0.240 bits per heavy atom. The normalized spacial score (nSPS) is 14.5. The first-order valence-electron chi connectivity index (χ1n) is 51.9. The zero-order valence-electron chi connectivity index (χ0n) is 87.8. The Kier molecular flexibility index (Phi) is 12.3. The smallest absolute Gasteiger partial charge is 0.252 e. The van der Waals surface area contributed by atoms with E-state index in [1.165, 1.54) is 9.13 Å². The summed E-state index contributed by atoms with van der Waals surface area (Å²) in [6.45, 7) is 4.05. The molecule has 0 atom stereocenters. The number of para-hydroxylation sites is 8. The van der Waals surface area contributed by atoms with Gasteiger partial charge in [0.05, 0.1) is 82.9 Å². The van der Waals surface area contributed by atoms with Crippen molar-refractivity contribution in [3.8, 4) is 45.0 Å². The van der Waals surface area contributed by atoms with Gasteiger partial charge in [-0.1, -0.05) is 336 Å². The lowest BCUT2D eigenvalue weighted by molar-refractivity contribution is 0.589. The third kappa shape index (κ3) is 11.0. The maximum Gasteiger partial charge on any atom is 0.252 e. The zero-order valence-corrected chi connectivity index (χ0v) is 67.8. The van der Waals surface area contributed by atoms with Crippen LogP contribution >= 0.6 is 0 Å². The Hall–Kier alpha value is -16.0. The predicted molar refractivity (Wildman–Crippen MR) is 533 cm³/mol. The maximum absolute atomic E-state index is 12.2. The molecular weight excluding hydrogens is 1510 g/mol. The Morgan fingerprint density at radius 3 is 0.920 bits per heavy atom. The molecule has 0 radical (unpaired) electrons. The number of nitrogens with zero attached hydrogens (tertiary/aromatic N) is 6. The van der Waals surface area contributed by atoms with Gasteiger partial charge < -0.3 is 28.1 Å². The summed E-state index contributed by atoms with van der Waals surface area (Å²) >= 11 is 0. The summed E-state index contributed by atoms with van der Waals surface area (Å²) in [5.74, 6) is 0. The molecule has 6 heterocycles. The fourth-order valence-corrected chi connectivity index (χ4v) is 19.6. The largest absolute Gasteiger partial charge is 0.310 e. The highest BCUT2D eigenvalue weighted by molar-refractivity contribution is 7.00. The van der Waals surface area contributed by atoms with E-state index in [1.807, 2.05) is 248 Å². The van der Waals surface area contributed by atoms with Gasteiger partial charge >= 0.3 is 0 Å². The molecule has 2 aliphatic heterocycles. The van der Waals surface area contributed by atoms with Crippen molar-refractivity contribution in [3.05, 3.63) is 442 Å². The number of hydrogen-bond donors (Lipinski definition) is 0. The van der Waals surface area contributed by atoms with Crippen LogP contribution in [0.4, 0.5) is 34.1 Å². The van der Waals surface area contributed by atoms with Crippen LogP contribution in [0, 0.1) is 0 Å². The Balaban J connectivity index is 0.995. The molecular formula is C118H81BN6. The monoisotopic (exact) mass is 1610 g/mol. The van der Waals surface area contributed by atoms with Crippen molar-refractivity contribution in [3.63, 3.8) is 0 Å². The number of benzene rings is 19. The minimum atomic E-state index is -1.75. The minimum absolute atomic E-state index is 0.0456. The van der Waals surface area contributed by atoms with Crippen LogP contribution in [0.3, 0.4) is 0 Å². The number of anilines is 6. The number of fused-ring (bicyclic) bond motifs is 24. The molecule has 0 bridgehead atoms. The van der Waals surface area contributed by atoms with Crippen LogP contribution in [0.5, 0.6) is 0 Å². The van der Waals surface area contributed by atoms with Crippen LogP contribution in [-0.2, 0) is 5.41 Å². The summed E-state index contributed by atoms with van der Waals surface area (Å²) < 4.78 is 227. The average molecular weight is 1610 g/mol. The van der Waals surface area contributed by atoms with Crippen molar-refractivity contribution in [1.82, 2.24) is 18.3 Å².